The maximum absolute atomic E-state index is 12.5. The summed E-state index contributed by atoms with van der Waals surface area (Å²) in [6, 6.07) is 13.4. The van der Waals surface area contributed by atoms with Gasteiger partial charge in [0.05, 0.1) is 5.69 Å². The van der Waals surface area contributed by atoms with Gasteiger partial charge >= 0.3 is 0 Å². The summed E-state index contributed by atoms with van der Waals surface area (Å²) in [4.78, 5) is 29.0. The van der Waals surface area contributed by atoms with Gasteiger partial charge in [-0.1, -0.05) is 35.5 Å². The molecule has 6 heteroatoms. The highest BCUT2D eigenvalue weighted by Crippen LogP contribution is 2.25. The standard InChI is InChI=1S/C20H21N3O2S/c1-12-4-7-15(8-5-12)21-19(25)17-11-18(24)23-20(26-17)22-16-9-6-13(2)14(3)10-16/h4-10,17H,11H2,1-3H3,(H,21,25)(H,22,23,24)/t17-/m0/s1. The Hall–Kier alpha value is -2.60. The molecule has 0 bridgehead atoms. The lowest BCUT2D eigenvalue weighted by Crippen LogP contribution is -2.41. The Morgan fingerprint density at radius 3 is 2.54 bits per heavy atom. The lowest BCUT2D eigenvalue weighted by Gasteiger charge is -2.22. The summed E-state index contributed by atoms with van der Waals surface area (Å²) in [5, 5.41) is 5.56. The molecule has 2 amide bonds. The maximum atomic E-state index is 12.5. The first-order valence-electron chi connectivity index (χ1n) is 8.41. The molecule has 1 aliphatic heterocycles. The van der Waals surface area contributed by atoms with Crippen molar-refractivity contribution in [1.82, 2.24) is 5.32 Å². The van der Waals surface area contributed by atoms with Gasteiger partial charge in [0.1, 0.15) is 5.25 Å². The molecule has 26 heavy (non-hydrogen) atoms. The largest absolute Gasteiger partial charge is 0.325 e. The number of amides is 2. The van der Waals surface area contributed by atoms with E-state index in [2.05, 4.69) is 15.6 Å². The number of aliphatic imine (C=N–C) groups is 1. The van der Waals surface area contributed by atoms with Gasteiger partial charge in [-0.15, -0.1) is 0 Å². The Morgan fingerprint density at radius 1 is 1.12 bits per heavy atom. The zero-order valence-electron chi connectivity index (χ0n) is 15.0. The Morgan fingerprint density at radius 2 is 1.85 bits per heavy atom. The number of carbonyl (C=O) groups is 2. The van der Waals surface area contributed by atoms with E-state index in [-0.39, 0.29) is 18.2 Å². The lowest BCUT2D eigenvalue weighted by molar-refractivity contribution is -0.123. The molecule has 134 valence electrons. The quantitative estimate of drug-likeness (QED) is 0.865. The Balaban J connectivity index is 1.73. The number of rotatable bonds is 3. The second kappa shape index (κ2) is 7.74. The van der Waals surface area contributed by atoms with E-state index in [4.69, 9.17) is 0 Å². The number of thioether (sulfide) groups is 1. The summed E-state index contributed by atoms with van der Waals surface area (Å²) in [7, 11) is 0. The highest BCUT2D eigenvalue weighted by molar-refractivity contribution is 8.15. The molecule has 3 rings (SSSR count). The molecule has 0 unspecified atom stereocenters. The molecule has 2 aromatic rings. The number of amidine groups is 1. The second-order valence-electron chi connectivity index (χ2n) is 6.40. The van der Waals surface area contributed by atoms with Gasteiger partial charge in [-0.3, -0.25) is 9.59 Å². The van der Waals surface area contributed by atoms with E-state index in [0.717, 1.165) is 22.5 Å². The van der Waals surface area contributed by atoms with Crippen LogP contribution in [0.3, 0.4) is 0 Å². The molecule has 0 aromatic heterocycles. The normalized spacial score (nSPS) is 18.5. The predicted octanol–water partition coefficient (Wildman–Crippen LogP) is 3.86. The summed E-state index contributed by atoms with van der Waals surface area (Å²) in [5.41, 5.74) is 4.92. The van der Waals surface area contributed by atoms with Crippen LogP contribution in [-0.4, -0.2) is 22.2 Å². The van der Waals surface area contributed by atoms with Gasteiger partial charge in [0.2, 0.25) is 11.8 Å². The number of hydrogen-bond acceptors (Lipinski definition) is 4. The molecule has 1 saturated heterocycles. The predicted molar refractivity (Wildman–Crippen MR) is 107 cm³/mol. The van der Waals surface area contributed by atoms with E-state index in [1.54, 1.807) is 0 Å². The average Bonchev–Trinajstić information content (AvgIpc) is 2.59. The summed E-state index contributed by atoms with van der Waals surface area (Å²) in [5.74, 6) is -0.392. The molecular formula is C20H21N3O2S. The first kappa shape index (κ1) is 18.2. The number of aryl methyl sites for hydroxylation is 3. The smallest absolute Gasteiger partial charge is 0.238 e. The van der Waals surface area contributed by atoms with E-state index in [1.807, 2.05) is 63.2 Å². The van der Waals surface area contributed by atoms with Crippen LogP contribution in [0.2, 0.25) is 0 Å². The van der Waals surface area contributed by atoms with Crippen molar-refractivity contribution >= 4 is 40.1 Å². The fraction of sp³-hybridized carbons (Fsp3) is 0.250. The number of carbonyl (C=O) groups excluding carboxylic acids is 2. The minimum Gasteiger partial charge on any atom is -0.325 e. The van der Waals surface area contributed by atoms with Crippen LogP contribution < -0.4 is 10.6 Å². The first-order valence-corrected chi connectivity index (χ1v) is 9.28. The van der Waals surface area contributed by atoms with Crippen LogP contribution in [0, 0.1) is 20.8 Å². The topological polar surface area (TPSA) is 70.6 Å². The number of anilines is 1. The Kier molecular flexibility index (Phi) is 5.42. The van der Waals surface area contributed by atoms with Crippen LogP contribution in [0.1, 0.15) is 23.1 Å². The van der Waals surface area contributed by atoms with Gasteiger partial charge in [0, 0.05) is 12.1 Å². The van der Waals surface area contributed by atoms with Crippen molar-refractivity contribution in [2.45, 2.75) is 32.4 Å². The molecule has 0 aliphatic carbocycles. The fourth-order valence-corrected chi connectivity index (χ4v) is 3.52. The molecule has 1 fully saturated rings. The lowest BCUT2D eigenvalue weighted by atomic mass is 10.1. The number of nitrogens with one attached hydrogen (secondary N) is 2. The molecule has 2 aromatic carbocycles. The summed E-state index contributed by atoms with van der Waals surface area (Å²) in [6.45, 7) is 6.04. The Labute approximate surface area is 157 Å². The van der Waals surface area contributed by atoms with Crippen molar-refractivity contribution in [3.05, 3.63) is 59.2 Å². The summed E-state index contributed by atoms with van der Waals surface area (Å²) >= 11 is 1.28. The van der Waals surface area contributed by atoms with Crippen molar-refractivity contribution < 1.29 is 9.59 Å². The number of benzene rings is 2. The monoisotopic (exact) mass is 367 g/mol. The van der Waals surface area contributed by atoms with Crippen LogP contribution in [0.5, 0.6) is 0 Å². The number of nitrogens with zero attached hydrogens (tertiary/aromatic N) is 1. The molecule has 0 saturated carbocycles. The van der Waals surface area contributed by atoms with Gasteiger partial charge in [-0.25, -0.2) is 4.99 Å². The van der Waals surface area contributed by atoms with E-state index in [9.17, 15) is 9.59 Å². The van der Waals surface area contributed by atoms with Gasteiger partial charge in [-0.2, -0.15) is 0 Å². The summed E-state index contributed by atoms with van der Waals surface area (Å²) < 4.78 is 0. The van der Waals surface area contributed by atoms with E-state index in [1.165, 1.54) is 17.3 Å². The minimum atomic E-state index is -0.504. The zero-order chi connectivity index (χ0) is 18.7. The van der Waals surface area contributed by atoms with Crippen molar-refractivity contribution in [3.8, 4) is 0 Å². The maximum Gasteiger partial charge on any atom is 0.238 e. The third kappa shape index (κ3) is 4.52. The molecule has 1 atom stereocenters. The molecule has 1 aliphatic rings. The average molecular weight is 367 g/mol. The molecule has 0 radical (unpaired) electrons. The Bertz CT molecular complexity index is 875. The number of hydrogen-bond donors (Lipinski definition) is 2. The van der Waals surface area contributed by atoms with E-state index < -0.39 is 5.25 Å². The second-order valence-corrected chi connectivity index (χ2v) is 7.59. The van der Waals surface area contributed by atoms with Crippen LogP contribution in [0.15, 0.2) is 47.5 Å². The van der Waals surface area contributed by atoms with E-state index in [0.29, 0.717) is 5.17 Å². The minimum absolute atomic E-state index is 0.133. The van der Waals surface area contributed by atoms with Crippen molar-refractivity contribution in [2.24, 2.45) is 4.99 Å². The molecular weight excluding hydrogens is 346 g/mol. The van der Waals surface area contributed by atoms with Gasteiger partial charge in [0.15, 0.2) is 5.17 Å². The van der Waals surface area contributed by atoms with Crippen molar-refractivity contribution in [2.75, 3.05) is 5.32 Å². The molecule has 0 spiro atoms. The first-order chi connectivity index (χ1) is 12.4. The van der Waals surface area contributed by atoms with Crippen LogP contribution >= 0.6 is 11.8 Å². The third-order valence-electron chi connectivity index (χ3n) is 4.20. The fourth-order valence-electron chi connectivity index (χ4n) is 2.52. The van der Waals surface area contributed by atoms with Gasteiger partial charge in [0.25, 0.3) is 0 Å². The molecule has 2 N–H and O–H groups in total. The van der Waals surface area contributed by atoms with Gasteiger partial charge in [-0.05, 0) is 56.2 Å². The molecule has 5 nitrogen and oxygen atoms in total. The SMILES string of the molecule is Cc1ccc(NC(=O)[C@@H]2CC(=O)NC(=Nc3ccc(C)c(C)c3)S2)cc1. The van der Waals surface area contributed by atoms with Gasteiger partial charge < -0.3 is 10.6 Å². The van der Waals surface area contributed by atoms with Crippen LogP contribution in [0.4, 0.5) is 11.4 Å². The summed E-state index contributed by atoms with van der Waals surface area (Å²) in [6.07, 6.45) is 0.133. The van der Waals surface area contributed by atoms with Crippen molar-refractivity contribution in [3.63, 3.8) is 0 Å². The third-order valence-corrected chi connectivity index (χ3v) is 5.29. The highest BCUT2D eigenvalue weighted by atomic mass is 32.2. The zero-order valence-corrected chi connectivity index (χ0v) is 15.8. The van der Waals surface area contributed by atoms with Crippen LogP contribution in [0.25, 0.3) is 0 Å². The van der Waals surface area contributed by atoms with Crippen molar-refractivity contribution in [1.29, 1.82) is 0 Å². The van der Waals surface area contributed by atoms with Crippen LogP contribution in [-0.2, 0) is 9.59 Å². The molecule has 1 heterocycles. The van der Waals surface area contributed by atoms with E-state index >= 15 is 0 Å². The highest BCUT2D eigenvalue weighted by Gasteiger charge is 2.30.